The van der Waals surface area contributed by atoms with Crippen molar-refractivity contribution >= 4 is 6.09 Å². The van der Waals surface area contributed by atoms with Crippen LogP contribution in [0.5, 0.6) is 0 Å². The van der Waals surface area contributed by atoms with Gasteiger partial charge in [-0.15, -0.1) is 0 Å². The van der Waals surface area contributed by atoms with Crippen LogP contribution < -0.4 is 5.32 Å². The Bertz CT molecular complexity index is 346. The lowest BCUT2D eigenvalue weighted by atomic mass is 10.2. The molecule has 20 heavy (non-hydrogen) atoms. The third kappa shape index (κ3) is 4.59. The number of hydrogen-bond acceptors (Lipinski definition) is 4. The summed E-state index contributed by atoms with van der Waals surface area (Å²) in [5.74, 6) is 0. The van der Waals surface area contributed by atoms with Gasteiger partial charge in [0, 0.05) is 45.3 Å². The molecular formula is C14H26FN3O2. The molecule has 0 unspecified atom stereocenters. The van der Waals surface area contributed by atoms with Crippen molar-refractivity contribution in [3.63, 3.8) is 0 Å². The molecule has 1 amide bonds. The van der Waals surface area contributed by atoms with E-state index in [1.807, 2.05) is 20.8 Å². The average Bonchev–Trinajstić information content (AvgIpc) is 2.73. The van der Waals surface area contributed by atoms with Crippen molar-refractivity contribution in [1.29, 1.82) is 0 Å². The van der Waals surface area contributed by atoms with Gasteiger partial charge in [0.2, 0.25) is 0 Å². The van der Waals surface area contributed by atoms with E-state index in [1.54, 1.807) is 4.90 Å². The second-order valence-corrected chi connectivity index (χ2v) is 6.72. The Balaban J connectivity index is 1.80. The monoisotopic (exact) mass is 287 g/mol. The lowest BCUT2D eigenvalue weighted by Crippen LogP contribution is -2.56. The topological polar surface area (TPSA) is 44.8 Å². The molecule has 2 fully saturated rings. The van der Waals surface area contributed by atoms with Crippen LogP contribution >= 0.6 is 0 Å². The van der Waals surface area contributed by atoms with E-state index in [2.05, 4.69) is 10.2 Å². The fourth-order valence-electron chi connectivity index (χ4n) is 2.70. The number of alkyl halides is 1. The molecule has 5 nitrogen and oxygen atoms in total. The van der Waals surface area contributed by atoms with Crippen LogP contribution in [-0.2, 0) is 4.74 Å². The van der Waals surface area contributed by atoms with E-state index in [0.29, 0.717) is 26.1 Å². The minimum atomic E-state index is -0.694. The van der Waals surface area contributed by atoms with Gasteiger partial charge in [0.1, 0.15) is 11.8 Å². The maximum absolute atomic E-state index is 13.2. The van der Waals surface area contributed by atoms with Crippen molar-refractivity contribution in [2.24, 2.45) is 0 Å². The average molecular weight is 287 g/mol. The third-order valence-electron chi connectivity index (χ3n) is 3.60. The van der Waals surface area contributed by atoms with Gasteiger partial charge in [-0.1, -0.05) is 0 Å². The molecule has 2 saturated heterocycles. The molecule has 1 N–H and O–H groups in total. The zero-order valence-electron chi connectivity index (χ0n) is 12.7. The number of hydrogen-bond donors (Lipinski definition) is 1. The Kier molecular flexibility index (Phi) is 4.86. The number of rotatable bonds is 2. The zero-order valence-corrected chi connectivity index (χ0v) is 12.7. The first-order valence-corrected chi connectivity index (χ1v) is 7.41. The van der Waals surface area contributed by atoms with Gasteiger partial charge in [0.05, 0.1) is 0 Å². The third-order valence-corrected chi connectivity index (χ3v) is 3.60. The fraction of sp³-hybridized carbons (Fsp3) is 0.929. The number of carbonyl (C=O) groups excluding carboxylic acids is 1. The van der Waals surface area contributed by atoms with E-state index in [1.165, 1.54) is 0 Å². The van der Waals surface area contributed by atoms with Gasteiger partial charge in [-0.2, -0.15) is 0 Å². The highest BCUT2D eigenvalue weighted by atomic mass is 19.1. The highest BCUT2D eigenvalue weighted by molar-refractivity contribution is 5.68. The normalized spacial score (nSPS) is 28.7. The summed E-state index contributed by atoms with van der Waals surface area (Å²) in [6.45, 7) is 9.79. The van der Waals surface area contributed by atoms with Gasteiger partial charge in [-0.3, -0.25) is 4.90 Å². The van der Waals surface area contributed by atoms with Gasteiger partial charge in [0.15, 0.2) is 0 Å². The van der Waals surface area contributed by atoms with Gasteiger partial charge in [0.25, 0.3) is 0 Å². The molecule has 0 aromatic rings. The maximum Gasteiger partial charge on any atom is 0.410 e. The van der Waals surface area contributed by atoms with Crippen LogP contribution in [0.1, 0.15) is 27.2 Å². The second kappa shape index (κ2) is 6.26. The zero-order chi connectivity index (χ0) is 14.8. The molecule has 2 aliphatic heterocycles. The molecule has 0 radical (unpaired) electrons. The Morgan fingerprint density at radius 3 is 2.70 bits per heavy atom. The van der Waals surface area contributed by atoms with Crippen molar-refractivity contribution in [3.8, 4) is 0 Å². The first-order chi connectivity index (χ1) is 9.33. The van der Waals surface area contributed by atoms with Crippen LogP contribution in [0.4, 0.5) is 9.18 Å². The Hall–Kier alpha value is -0.880. The number of nitrogens with zero attached hydrogens (tertiary/aromatic N) is 2. The summed E-state index contributed by atoms with van der Waals surface area (Å²) in [5, 5.41) is 3.39. The van der Waals surface area contributed by atoms with E-state index in [-0.39, 0.29) is 12.1 Å². The fourth-order valence-corrected chi connectivity index (χ4v) is 2.70. The molecule has 2 heterocycles. The minimum Gasteiger partial charge on any atom is -0.444 e. The van der Waals surface area contributed by atoms with E-state index >= 15 is 0 Å². The number of halogens is 1. The molecule has 0 saturated carbocycles. The van der Waals surface area contributed by atoms with Crippen molar-refractivity contribution in [3.05, 3.63) is 0 Å². The summed E-state index contributed by atoms with van der Waals surface area (Å²) in [4.78, 5) is 15.9. The van der Waals surface area contributed by atoms with Gasteiger partial charge >= 0.3 is 6.09 Å². The quantitative estimate of drug-likeness (QED) is 0.830. The number of piperazine rings is 1. The van der Waals surface area contributed by atoms with Crippen molar-refractivity contribution in [2.75, 3.05) is 39.3 Å². The lowest BCUT2D eigenvalue weighted by molar-refractivity contribution is 0.0183. The second-order valence-electron chi connectivity index (χ2n) is 6.72. The molecule has 0 spiro atoms. The molecule has 0 aliphatic carbocycles. The number of nitrogens with one attached hydrogen (secondary N) is 1. The van der Waals surface area contributed by atoms with Crippen LogP contribution in [0.25, 0.3) is 0 Å². The highest BCUT2D eigenvalue weighted by Crippen LogP contribution is 2.15. The van der Waals surface area contributed by atoms with Crippen molar-refractivity contribution < 1.29 is 13.9 Å². The Morgan fingerprint density at radius 1 is 1.35 bits per heavy atom. The SMILES string of the molecule is CC(C)(C)OC(=O)N1CCN[C@@H](CN2CC[C@H](F)C2)C1. The number of likely N-dealkylation sites (tertiary alicyclic amines) is 1. The largest absolute Gasteiger partial charge is 0.444 e. The van der Waals surface area contributed by atoms with Gasteiger partial charge in [-0.05, 0) is 27.2 Å². The van der Waals surface area contributed by atoms with Gasteiger partial charge < -0.3 is 15.0 Å². The summed E-state index contributed by atoms with van der Waals surface area (Å²) in [5.41, 5.74) is -0.464. The maximum atomic E-state index is 13.2. The molecule has 6 heteroatoms. The molecule has 116 valence electrons. The summed E-state index contributed by atoms with van der Waals surface area (Å²) in [6, 6.07) is 0.196. The molecule has 2 atom stereocenters. The number of ether oxygens (including phenoxy) is 1. The van der Waals surface area contributed by atoms with Crippen LogP contribution in [0.3, 0.4) is 0 Å². The first kappa shape index (κ1) is 15.5. The number of carbonyl (C=O) groups is 1. The molecule has 2 aliphatic rings. The van der Waals surface area contributed by atoms with E-state index in [4.69, 9.17) is 4.74 Å². The number of amides is 1. The van der Waals surface area contributed by atoms with Gasteiger partial charge in [-0.25, -0.2) is 9.18 Å². The van der Waals surface area contributed by atoms with E-state index < -0.39 is 11.8 Å². The minimum absolute atomic E-state index is 0.196. The predicted molar refractivity (Wildman–Crippen MR) is 75.6 cm³/mol. The summed E-state index contributed by atoms with van der Waals surface area (Å²) in [6.07, 6.45) is -0.322. The van der Waals surface area contributed by atoms with E-state index in [0.717, 1.165) is 19.6 Å². The Labute approximate surface area is 120 Å². The summed E-state index contributed by atoms with van der Waals surface area (Å²) < 4.78 is 18.6. The smallest absolute Gasteiger partial charge is 0.410 e. The molecule has 2 rings (SSSR count). The lowest BCUT2D eigenvalue weighted by Gasteiger charge is -2.36. The molecule has 0 aromatic carbocycles. The predicted octanol–water partition coefficient (Wildman–Crippen LogP) is 1.24. The van der Waals surface area contributed by atoms with Crippen molar-refractivity contribution in [1.82, 2.24) is 15.1 Å². The Morgan fingerprint density at radius 2 is 2.10 bits per heavy atom. The van der Waals surface area contributed by atoms with Crippen LogP contribution in [0.15, 0.2) is 0 Å². The standard InChI is InChI=1S/C14H26FN3O2/c1-14(2,3)20-13(19)18-7-5-16-12(10-18)9-17-6-4-11(15)8-17/h11-12,16H,4-10H2,1-3H3/t11-,12-/m0/s1. The molecular weight excluding hydrogens is 261 g/mol. The summed E-state index contributed by atoms with van der Waals surface area (Å²) in [7, 11) is 0. The van der Waals surface area contributed by atoms with Crippen LogP contribution in [0, 0.1) is 0 Å². The van der Waals surface area contributed by atoms with Crippen molar-refractivity contribution in [2.45, 2.75) is 45.0 Å². The van der Waals surface area contributed by atoms with E-state index in [9.17, 15) is 9.18 Å². The van der Waals surface area contributed by atoms with Crippen LogP contribution in [-0.4, -0.2) is 73.0 Å². The molecule has 0 bridgehead atoms. The molecule has 0 aromatic heterocycles. The van der Waals surface area contributed by atoms with Crippen LogP contribution in [0.2, 0.25) is 0 Å². The summed E-state index contributed by atoms with van der Waals surface area (Å²) >= 11 is 0. The highest BCUT2D eigenvalue weighted by Gasteiger charge is 2.30. The first-order valence-electron chi connectivity index (χ1n) is 7.41.